The van der Waals surface area contributed by atoms with Crippen molar-refractivity contribution in [1.82, 2.24) is 4.98 Å². The van der Waals surface area contributed by atoms with Crippen LogP contribution in [0.25, 0.3) is 11.3 Å². The highest BCUT2D eigenvalue weighted by atomic mass is 32.2. The fourth-order valence-electron chi connectivity index (χ4n) is 4.13. The van der Waals surface area contributed by atoms with Crippen molar-refractivity contribution in [2.45, 2.75) is 25.3 Å². The summed E-state index contributed by atoms with van der Waals surface area (Å²) in [6.07, 6.45) is 3.61. The summed E-state index contributed by atoms with van der Waals surface area (Å²) in [6, 6.07) is 15.9. The number of hydrogen-bond donors (Lipinski definition) is 1. The van der Waals surface area contributed by atoms with E-state index in [0.29, 0.717) is 30.0 Å². The van der Waals surface area contributed by atoms with Gasteiger partial charge in [-0.15, -0.1) is 0 Å². The maximum Gasteiger partial charge on any atom is 0.341 e. The number of benzene rings is 2. The number of ether oxygens (including phenoxy) is 2. The van der Waals surface area contributed by atoms with Gasteiger partial charge in [0.05, 0.1) is 30.7 Å². The summed E-state index contributed by atoms with van der Waals surface area (Å²) in [4.78, 5) is 15.4. The van der Waals surface area contributed by atoms with E-state index in [1.807, 2.05) is 30.3 Å². The van der Waals surface area contributed by atoms with E-state index in [2.05, 4.69) is 4.98 Å². The molecule has 0 amide bonds. The zero-order valence-electron chi connectivity index (χ0n) is 18.0. The van der Waals surface area contributed by atoms with Gasteiger partial charge in [-0.05, 0) is 72.9 Å². The number of methoxy groups -OCH3 is 1. The number of carboxylic acids is 1. The molecule has 0 saturated carbocycles. The smallest absolute Gasteiger partial charge is 0.341 e. The van der Waals surface area contributed by atoms with Crippen LogP contribution in [0.2, 0.25) is 0 Å². The summed E-state index contributed by atoms with van der Waals surface area (Å²) in [5.74, 6) is 0.153. The number of aromatic nitrogens is 1. The monoisotopic (exact) mass is 467 g/mol. The Morgan fingerprint density at radius 3 is 2.64 bits per heavy atom. The van der Waals surface area contributed by atoms with Crippen molar-refractivity contribution in [3.8, 4) is 22.8 Å². The van der Waals surface area contributed by atoms with Gasteiger partial charge in [0.25, 0.3) is 0 Å². The summed E-state index contributed by atoms with van der Waals surface area (Å²) in [5, 5.41) is 8.94. The lowest BCUT2D eigenvalue weighted by Crippen LogP contribution is -2.33. The molecule has 172 valence electrons. The van der Waals surface area contributed by atoms with Gasteiger partial charge in [0, 0.05) is 16.8 Å². The molecule has 33 heavy (non-hydrogen) atoms. The average Bonchev–Trinajstić information content (AvgIpc) is 2.83. The van der Waals surface area contributed by atoms with Crippen molar-refractivity contribution in [2.24, 2.45) is 0 Å². The van der Waals surface area contributed by atoms with Crippen LogP contribution in [0.3, 0.4) is 0 Å². The quantitative estimate of drug-likeness (QED) is 0.500. The molecule has 2 unspecified atom stereocenters. The topological polar surface area (TPSA) is 112 Å². The Hall–Kier alpha value is -3.43. The fraction of sp³-hybridized carbons (Fsp3) is 0.250. The van der Waals surface area contributed by atoms with Crippen LogP contribution in [0.15, 0.2) is 60.8 Å². The highest BCUT2D eigenvalue weighted by Crippen LogP contribution is 2.41. The van der Waals surface area contributed by atoms with E-state index in [4.69, 9.17) is 14.6 Å². The lowest BCUT2D eigenvalue weighted by molar-refractivity contribution is -0.139. The van der Waals surface area contributed by atoms with Crippen LogP contribution in [-0.4, -0.2) is 38.5 Å². The fourth-order valence-corrected chi connectivity index (χ4v) is 4.83. The zero-order valence-corrected chi connectivity index (χ0v) is 18.8. The van der Waals surface area contributed by atoms with Crippen molar-refractivity contribution < 1.29 is 28.1 Å². The Morgan fingerprint density at radius 2 is 2.00 bits per heavy atom. The lowest BCUT2D eigenvalue weighted by Gasteiger charge is -2.38. The highest BCUT2D eigenvalue weighted by molar-refractivity contribution is 7.80. The Balaban J connectivity index is 1.64. The molecule has 1 N–H and O–H groups in total. The zero-order chi connectivity index (χ0) is 23.4. The Kier molecular flexibility index (Phi) is 6.90. The normalized spacial score (nSPS) is 15.9. The number of rotatable bonds is 8. The molecule has 0 bridgehead atoms. The number of carbonyl (C=O) groups is 1. The second-order valence-electron chi connectivity index (χ2n) is 7.59. The first-order chi connectivity index (χ1) is 16.0. The predicted octanol–water partition coefficient (Wildman–Crippen LogP) is 3.90. The summed E-state index contributed by atoms with van der Waals surface area (Å²) in [7, 11) is 1.60. The second kappa shape index (κ2) is 10.0. The van der Waals surface area contributed by atoms with E-state index in [1.54, 1.807) is 37.6 Å². The number of carboxylic acid groups (broad SMARTS) is 1. The van der Waals surface area contributed by atoms with Crippen LogP contribution < -0.4 is 13.8 Å². The van der Waals surface area contributed by atoms with Gasteiger partial charge in [0.2, 0.25) is 0 Å². The minimum Gasteiger partial charge on any atom is -0.755 e. The van der Waals surface area contributed by atoms with E-state index >= 15 is 0 Å². The molecule has 3 aromatic rings. The SMILES string of the molecule is COc1ccc(-c2ccc(N(C3CCCc4c(OCC(=O)O)cccc43)S(=O)[O-])cn2)cc1. The van der Waals surface area contributed by atoms with Gasteiger partial charge in [-0.1, -0.05) is 12.1 Å². The molecule has 1 aliphatic rings. The van der Waals surface area contributed by atoms with Crippen LogP contribution in [0.1, 0.15) is 30.0 Å². The summed E-state index contributed by atoms with van der Waals surface area (Å²) in [5.41, 5.74) is 3.71. The average molecular weight is 468 g/mol. The van der Waals surface area contributed by atoms with E-state index in [0.717, 1.165) is 28.9 Å². The lowest BCUT2D eigenvalue weighted by atomic mass is 9.87. The number of hydrogen-bond acceptors (Lipinski definition) is 6. The highest BCUT2D eigenvalue weighted by Gasteiger charge is 2.29. The molecule has 0 radical (unpaired) electrons. The second-order valence-corrected chi connectivity index (χ2v) is 8.42. The van der Waals surface area contributed by atoms with Crippen LogP contribution in [0, 0.1) is 0 Å². The molecular formula is C24H23N2O6S-. The number of pyridine rings is 1. The molecule has 0 spiro atoms. The van der Waals surface area contributed by atoms with Crippen LogP contribution >= 0.6 is 0 Å². The van der Waals surface area contributed by atoms with Crippen molar-refractivity contribution in [3.05, 3.63) is 71.9 Å². The Bertz CT molecular complexity index is 1150. The first-order valence-electron chi connectivity index (χ1n) is 10.4. The molecule has 0 fully saturated rings. The standard InChI is InChI=1S/C24H24N2O6S/c1-31-18-11-8-16(9-12-18)21-13-10-17(14-25-21)26(33(29)30)22-6-2-5-20-19(22)4-3-7-23(20)32-15-24(27)28/h3-4,7-14,22H,2,5-6,15H2,1H3,(H,27,28)(H,29,30)/p-1. The van der Waals surface area contributed by atoms with Crippen molar-refractivity contribution in [1.29, 1.82) is 0 Å². The van der Waals surface area contributed by atoms with Crippen molar-refractivity contribution >= 4 is 22.9 Å². The number of anilines is 1. The molecule has 4 rings (SSSR count). The maximum atomic E-state index is 12.3. The van der Waals surface area contributed by atoms with Gasteiger partial charge < -0.3 is 19.1 Å². The molecule has 0 aliphatic heterocycles. The van der Waals surface area contributed by atoms with Crippen molar-refractivity contribution in [2.75, 3.05) is 18.0 Å². The van der Waals surface area contributed by atoms with Gasteiger partial charge in [0.1, 0.15) is 11.5 Å². The molecule has 1 aromatic heterocycles. The minimum atomic E-state index is -2.54. The number of fused-ring (bicyclic) bond motifs is 1. The maximum absolute atomic E-state index is 12.3. The van der Waals surface area contributed by atoms with E-state index in [9.17, 15) is 13.6 Å². The molecule has 1 aliphatic carbocycles. The largest absolute Gasteiger partial charge is 0.755 e. The molecule has 9 heteroatoms. The minimum absolute atomic E-state index is 0.436. The summed E-state index contributed by atoms with van der Waals surface area (Å²) in [6.45, 7) is -0.449. The molecule has 0 saturated heterocycles. The molecule has 8 nitrogen and oxygen atoms in total. The first-order valence-corrected chi connectivity index (χ1v) is 11.5. The van der Waals surface area contributed by atoms with E-state index in [1.165, 1.54) is 4.31 Å². The van der Waals surface area contributed by atoms with Gasteiger partial charge in [0.15, 0.2) is 6.61 Å². The predicted molar refractivity (Wildman–Crippen MR) is 123 cm³/mol. The molecule has 2 atom stereocenters. The van der Waals surface area contributed by atoms with E-state index < -0.39 is 29.9 Å². The van der Waals surface area contributed by atoms with Gasteiger partial charge >= 0.3 is 5.97 Å². The molecule has 1 heterocycles. The molecular weight excluding hydrogens is 444 g/mol. The van der Waals surface area contributed by atoms with Gasteiger partial charge in [-0.2, -0.15) is 0 Å². The first kappa shape index (κ1) is 22.8. The number of aliphatic carboxylic acids is 1. The third-order valence-electron chi connectivity index (χ3n) is 5.62. The summed E-state index contributed by atoms with van der Waals surface area (Å²) < 4.78 is 36.6. The molecule has 2 aromatic carbocycles. The van der Waals surface area contributed by atoms with E-state index in [-0.39, 0.29) is 0 Å². The van der Waals surface area contributed by atoms with Gasteiger partial charge in [-0.25, -0.2) is 4.79 Å². The number of nitrogens with zero attached hydrogens (tertiary/aromatic N) is 2. The van der Waals surface area contributed by atoms with Gasteiger partial charge in [-0.3, -0.25) is 13.5 Å². The Labute approximate surface area is 194 Å². The Morgan fingerprint density at radius 1 is 1.21 bits per heavy atom. The third kappa shape index (κ3) is 4.99. The van der Waals surface area contributed by atoms with Crippen LogP contribution in [0.4, 0.5) is 5.69 Å². The third-order valence-corrected chi connectivity index (χ3v) is 6.40. The summed E-state index contributed by atoms with van der Waals surface area (Å²) >= 11 is -2.54. The van der Waals surface area contributed by atoms with Crippen LogP contribution in [0.5, 0.6) is 11.5 Å². The van der Waals surface area contributed by atoms with Crippen LogP contribution in [-0.2, 0) is 22.5 Å². The van der Waals surface area contributed by atoms with Crippen molar-refractivity contribution in [3.63, 3.8) is 0 Å².